The molecule has 0 bridgehead atoms. The van der Waals surface area contributed by atoms with E-state index in [1.54, 1.807) is 0 Å². The molecule has 0 amide bonds. The minimum Gasteiger partial charge on any atom is -0.393 e. The van der Waals surface area contributed by atoms with Gasteiger partial charge in [0, 0.05) is 19.1 Å². The molecule has 3 nitrogen and oxygen atoms in total. The minimum atomic E-state index is 0.461. The van der Waals surface area contributed by atoms with Crippen LogP contribution in [0.25, 0.3) is 0 Å². The maximum absolute atomic E-state index is 5.67. The van der Waals surface area contributed by atoms with Crippen LogP contribution in [0.5, 0.6) is 0 Å². The molecule has 4 heteroatoms. The second-order valence-corrected chi connectivity index (χ2v) is 5.78. The number of ether oxygens (including phenoxy) is 1. The van der Waals surface area contributed by atoms with Crippen LogP contribution in [0, 0.1) is 11.8 Å². The standard InChI is InChI=1S/C13H26N2OS/c1-11(2)5-9-16-10-8-15-6-3-12(4-7-15)13(14)17/h11-12H,3-10H2,1-2H3,(H2,14,17). The molecule has 0 unspecified atom stereocenters. The fourth-order valence-electron chi connectivity index (χ4n) is 2.06. The van der Waals surface area contributed by atoms with E-state index in [1.165, 1.54) is 0 Å². The molecule has 2 N–H and O–H groups in total. The van der Waals surface area contributed by atoms with E-state index in [9.17, 15) is 0 Å². The highest BCUT2D eigenvalue weighted by Crippen LogP contribution is 2.16. The van der Waals surface area contributed by atoms with Crippen molar-refractivity contribution in [3.8, 4) is 0 Å². The summed E-state index contributed by atoms with van der Waals surface area (Å²) in [6.07, 6.45) is 3.38. The fraction of sp³-hybridized carbons (Fsp3) is 0.923. The second-order valence-electron chi connectivity index (χ2n) is 5.31. The van der Waals surface area contributed by atoms with Gasteiger partial charge in [-0.25, -0.2) is 0 Å². The zero-order valence-corrected chi connectivity index (χ0v) is 12.0. The van der Waals surface area contributed by atoms with Crippen molar-refractivity contribution in [1.29, 1.82) is 0 Å². The van der Waals surface area contributed by atoms with Gasteiger partial charge in [0.2, 0.25) is 0 Å². The first-order chi connectivity index (χ1) is 8.09. The molecule has 17 heavy (non-hydrogen) atoms. The quantitative estimate of drug-likeness (QED) is 0.560. The maximum atomic E-state index is 5.67. The van der Waals surface area contributed by atoms with Gasteiger partial charge in [0.25, 0.3) is 0 Å². The van der Waals surface area contributed by atoms with Crippen LogP contribution in [0.1, 0.15) is 33.1 Å². The molecule has 1 heterocycles. The first kappa shape index (κ1) is 14.9. The molecule has 100 valence electrons. The molecule has 1 aliphatic heterocycles. The van der Waals surface area contributed by atoms with E-state index in [2.05, 4.69) is 18.7 Å². The first-order valence-corrected chi connectivity index (χ1v) is 7.10. The van der Waals surface area contributed by atoms with Crippen molar-refractivity contribution in [2.45, 2.75) is 33.1 Å². The van der Waals surface area contributed by atoms with E-state index in [4.69, 9.17) is 22.7 Å². The molecule has 0 atom stereocenters. The van der Waals surface area contributed by atoms with Crippen molar-refractivity contribution in [3.63, 3.8) is 0 Å². The summed E-state index contributed by atoms with van der Waals surface area (Å²) in [7, 11) is 0. The van der Waals surface area contributed by atoms with Crippen LogP contribution in [0.2, 0.25) is 0 Å². The van der Waals surface area contributed by atoms with Gasteiger partial charge in [-0.2, -0.15) is 0 Å². The molecule has 1 fully saturated rings. The van der Waals surface area contributed by atoms with Crippen LogP contribution in [-0.4, -0.2) is 42.7 Å². The third kappa shape index (κ3) is 6.34. The summed E-state index contributed by atoms with van der Waals surface area (Å²) in [5.41, 5.74) is 5.67. The number of hydrogen-bond acceptors (Lipinski definition) is 3. The lowest BCUT2D eigenvalue weighted by Crippen LogP contribution is -2.39. The lowest BCUT2D eigenvalue weighted by Gasteiger charge is -2.31. The maximum Gasteiger partial charge on any atom is 0.0759 e. The van der Waals surface area contributed by atoms with E-state index in [0.717, 1.165) is 58.0 Å². The van der Waals surface area contributed by atoms with E-state index in [0.29, 0.717) is 10.9 Å². The molecular weight excluding hydrogens is 232 g/mol. The normalized spacial score (nSPS) is 18.8. The van der Waals surface area contributed by atoms with Gasteiger partial charge in [-0.1, -0.05) is 26.1 Å². The van der Waals surface area contributed by atoms with Crippen molar-refractivity contribution < 1.29 is 4.74 Å². The molecule has 0 aromatic rings. The molecule has 1 saturated heterocycles. The topological polar surface area (TPSA) is 38.5 Å². The van der Waals surface area contributed by atoms with Crippen LogP contribution in [0.4, 0.5) is 0 Å². The van der Waals surface area contributed by atoms with Crippen molar-refractivity contribution in [2.75, 3.05) is 32.8 Å². The molecule has 0 aromatic carbocycles. The Morgan fingerprint density at radius 2 is 2.00 bits per heavy atom. The zero-order chi connectivity index (χ0) is 12.7. The van der Waals surface area contributed by atoms with Crippen LogP contribution in [0.15, 0.2) is 0 Å². The van der Waals surface area contributed by atoms with Crippen LogP contribution >= 0.6 is 12.2 Å². The van der Waals surface area contributed by atoms with Crippen molar-refractivity contribution in [2.24, 2.45) is 17.6 Å². The van der Waals surface area contributed by atoms with Crippen LogP contribution in [0.3, 0.4) is 0 Å². The highest BCUT2D eigenvalue weighted by atomic mass is 32.1. The molecule has 1 aliphatic rings. The van der Waals surface area contributed by atoms with Gasteiger partial charge in [-0.05, 0) is 38.3 Å². The summed E-state index contributed by atoms with van der Waals surface area (Å²) in [5.74, 6) is 1.19. The Morgan fingerprint density at radius 3 is 2.53 bits per heavy atom. The Balaban J connectivity index is 2.01. The third-order valence-electron chi connectivity index (χ3n) is 3.38. The van der Waals surface area contributed by atoms with Gasteiger partial charge in [0.05, 0.1) is 11.6 Å². The van der Waals surface area contributed by atoms with E-state index in [1.807, 2.05) is 0 Å². The predicted octanol–water partition coefficient (Wildman–Crippen LogP) is 2.05. The van der Waals surface area contributed by atoms with Crippen molar-refractivity contribution in [1.82, 2.24) is 4.90 Å². The number of rotatable bonds is 7. The summed E-state index contributed by atoms with van der Waals surface area (Å²) in [4.78, 5) is 3.14. The van der Waals surface area contributed by atoms with Gasteiger partial charge >= 0.3 is 0 Å². The summed E-state index contributed by atoms with van der Waals surface area (Å²) in [5, 5.41) is 0. The summed E-state index contributed by atoms with van der Waals surface area (Å²) in [6.45, 7) is 9.45. The number of nitrogens with two attached hydrogens (primary N) is 1. The molecule has 0 aromatic heterocycles. The Hall–Kier alpha value is -0.190. The minimum absolute atomic E-state index is 0.461. The molecule has 0 saturated carbocycles. The molecule has 0 aliphatic carbocycles. The first-order valence-electron chi connectivity index (χ1n) is 6.69. The van der Waals surface area contributed by atoms with E-state index >= 15 is 0 Å². The Labute approximate surface area is 111 Å². The van der Waals surface area contributed by atoms with E-state index in [-0.39, 0.29) is 0 Å². The van der Waals surface area contributed by atoms with Gasteiger partial charge in [-0.3, -0.25) is 0 Å². The van der Waals surface area contributed by atoms with Crippen molar-refractivity contribution >= 4 is 17.2 Å². The van der Waals surface area contributed by atoms with E-state index < -0.39 is 0 Å². The molecule has 0 radical (unpaired) electrons. The Kier molecular flexibility index (Phi) is 7.00. The summed E-state index contributed by atoms with van der Waals surface area (Å²) < 4.78 is 5.63. The predicted molar refractivity (Wildman–Crippen MR) is 76.2 cm³/mol. The molecule has 0 spiro atoms. The largest absolute Gasteiger partial charge is 0.393 e. The number of thiocarbonyl (C=S) groups is 1. The fourth-order valence-corrected chi connectivity index (χ4v) is 2.29. The zero-order valence-electron chi connectivity index (χ0n) is 11.2. The summed E-state index contributed by atoms with van der Waals surface area (Å²) in [6, 6.07) is 0. The Morgan fingerprint density at radius 1 is 1.35 bits per heavy atom. The van der Waals surface area contributed by atoms with Gasteiger partial charge in [0.15, 0.2) is 0 Å². The van der Waals surface area contributed by atoms with Gasteiger partial charge in [-0.15, -0.1) is 0 Å². The number of likely N-dealkylation sites (tertiary alicyclic amines) is 1. The van der Waals surface area contributed by atoms with Gasteiger partial charge < -0.3 is 15.4 Å². The number of hydrogen-bond donors (Lipinski definition) is 1. The Bertz CT molecular complexity index is 225. The lowest BCUT2D eigenvalue weighted by molar-refractivity contribution is 0.0869. The number of nitrogens with zero attached hydrogens (tertiary/aromatic N) is 1. The lowest BCUT2D eigenvalue weighted by atomic mass is 9.97. The monoisotopic (exact) mass is 258 g/mol. The van der Waals surface area contributed by atoms with Crippen LogP contribution < -0.4 is 5.73 Å². The molecule has 1 rings (SSSR count). The second kappa shape index (κ2) is 8.01. The summed E-state index contributed by atoms with van der Waals surface area (Å²) >= 11 is 5.03. The average Bonchev–Trinajstić information content (AvgIpc) is 2.29. The third-order valence-corrected chi connectivity index (χ3v) is 3.71. The van der Waals surface area contributed by atoms with Crippen molar-refractivity contribution in [3.05, 3.63) is 0 Å². The smallest absolute Gasteiger partial charge is 0.0759 e. The highest BCUT2D eigenvalue weighted by Gasteiger charge is 2.20. The van der Waals surface area contributed by atoms with Crippen LogP contribution in [-0.2, 0) is 4.74 Å². The van der Waals surface area contributed by atoms with Gasteiger partial charge in [0.1, 0.15) is 0 Å². The highest BCUT2D eigenvalue weighted by molar-refractivity contribution is 7.80. The average molecular weight is 258 g/mol. The molecular formula is C13H26N2OS. The number of piperidine rings is 1. The SMILES string of the molecule is CC(C)CCOCCN1CCC(C(N)=S)CC1.